The van der Waals surface area contributed by atoms with Gasteiger partial charge in [0.2, 0.25) is 0 Å². The van der Waals surface area contributed by atoms with E-state index >= 15 is 0 Å². The molecule has 0 saturated carbocycles. The number of nitrogens with one attached hydrogen (secondary N) is 1. The Morgan fingerprint density at radius 3 is 2.33 bits per heavy atom. The lowest BCUT2D eigenvalue weighted by Crippen LogP contribution is -2.27. The van der Waals surface area contributed by atoms with Gasteiger partial charge in [-0.15, -0.1) is 0 Å². The quantitative estimate of drug-likeness (QED) is 0.899. The zero-order valence-corrected chi connectivity index (χ0v) is 14.4. The van der Waals surface area contributed by atoms with Crippen molar-refractivity contribution in [3.05, 3.63) is 59.4 Å². The number of carbonyl (C=O) groups is 1. The number of rotatable bonds is 5. The van der Waals surface area contributed by atoms with Crippen molar-refractivity contribution in [1.29, 1.82) is 0 Å². The maximum atomic E-state index is 13.4. The topological polar surface area (TPSA) is 72.5 Å². The van der Waals surface area contributed by atoms with Gasteiger partial charge in [-0.05, 0) is 42.8 Å². The Morgan fingerprint density at radius 2 is 1.79 bits per heavy atom. The molecule has 0 bridgehead atoms. The number of ether oxygens (including phenoxy) is 1. The molecule has 2 aromatic carbocycles. The molecule has 128 valence electrons. The Kier molecular flexibility index (Phi) is 5.23. The lowest BCUT2D eigenvalue weighted by atomic mass is 10.1. The summed E-state index contributed by atoms with van der Waals surface area (Å²) >= 11 is 0. The van der Waals surface area contributed by atoms with Crippen molar-refractivity contribution in [2.24, 2.45) is 0 Å². The maximum absolute atomic E-state index is 13.4. The molecule has 0 saturated heterocycles. The van der Waals surface area contributed by atoms with Gasteiger partial charge in [-0.1, -0.05) is 12.1 Å². The van der Waals surface area contributed by atoms with E-state index in [0.29, 0.717) is 0 Å². The molecule has 7 heteroatoms. The predicted molar refractivity (Wildman–Crippen MR) is 88.4 cm³/mol. The molecule has 0 aliphatic carbocycles. The van der Waals surface area contributed by atoms with Crippen LogP contribution in [0.4, 0.5) is 4.39 Å². The minimum atomic E-state index is -3.27. The molecule has 0 aromatic heterocycles. The van der Waals surface area contributed by atoms with E-state index in [2.05, 4.69) is 5.32 Å². The number of sulfone groups is 1. The number of hydrogen-bond donors (Lipinski definition) is 1. The van der Waals surface area contributed by atoms with E-state index in [1.807, 2.05) is 0 Å². The van der Waals surface area contributed by atoms with E-state index in [0.717, 1.165) is 17.9 Å². The average Bonchev–Trinajstić information content (AvgIpc) is 2.54. The normalized spacial score (nSPS) is 12.5. The Balaban J connectivity index is 2.19. The summed E-state index contributed by atoms with van der Waals surface area (Å²) < 4.78 is 41.4. The molecule has 1 unspecified atom stereocenters. The van der Waals surface area contributed by atoms with Crippen LogP contribution in [0.3, 0.4) is 0 Å². The van der Waals surface area contributed by atoms with Crippen LogP contribution in [-0.4, -0.2) is 27.7 Å². The zero-order chi connectivity index (χ0) is 17.9. The van der Waals surface area contributed by atoms with E-state index in [4.69, 9.17) is 4.74 Å². The van der Waals surface area contributed by atoms with Crippen molar-refractivity contribution >= 4 is 15.7 Å². The van der Waals surface area contributed by atoms with Gasteiger partial charge in [0.25, 0.3) is 5.91 Å². The zero-order valence-electron chi connectivity index (χ0n) is 13.5. The van der Waals surface area contributed by atoms with Gasteiger partial charge in [0, 0.05) is 6.26 Å². The SMILES string of the molecule is COc1ccc(F)cc1C(=O)NC(C)c1ccc(S(C)(=O)=O)cc1. The second-order valence-corrected chi connectivity index (χ2v) is 7.40. The Labute approximate surface area is 140 Å². The summed E-state index contributed by atoms with van der Waals surface area (Å²) in [6, 6.07) is 9.53. The third-order valence-electron chi connectivity index (χ3n) is 3.56. The van der Waals surface area contributed by atoms with Crippen LogP contribution >= 0.6 is 0 Å². The first kappa shape index (κ1) is 17.9. The van der Waals surface area contributed by atoms with E-state index in [1.54, 1.807) is 19.1 Å². The highest BCUT2D eigenvalue weighted by molar-refractivity contribution is 7.90. The first-order valence-corrected chi connectivity index (χ1v) is 9.06. The summed E-state index contributed by atoms with van der Waals surface area (Å²) in [7, 11) is -1.87. The number of halogens is 1. The molecule has 0 aliphatic rings. The fourth-order valence-corrected chi connectivity index (χ4v) is 2.85. The summed E-state index contributed by atoms with van der Waals surface area (Å²) in [5.74, 6) is -0.745. The first-order chi connectivity index (χ1) is 11.2. The highest BCUT2D eigenvalue weighted by atomic mass is 32.2. The van der Waals surface area contributed by atoms with Crippen LogP contribution in [0, 0.1) is 5.82 Å². The predicted octanol–water partition coefficient (Wildman–Crippen LogP) is 2.73. The summed E-state index contributed by atoms with van der Waals surface area (Å²) in [6.07, 6.45) is 1.13. The van der Waals surface area contributed by atoms with Crippen LogP contribution in [0.5, 0.6) is 5.75 Å². The minimum absolute atomic E-state index is 0.0945. The molecule has 0 radical (unpaired) electrons. The van der Waals surface area contributed by atoms with Gasteiger partial charge in [0.15, 0.2) is 9.84 Å². The summed E-state index contributed by atoms with van der Waals surface area (Å²) in [6.45, 7) is 1.75. The fourth-order valence-electron chi connectivity index (χ4n) is 2.22. The van der Waals surface area contributed by atoms with Gasteiger partial charge < -0.3 is 10.1 Å². The van der Waals surface area contributed by atoms with Crippen LogP contribution in [0.2, 0.25) is 0 Å². The maximum Gasteiger partial charge on any atom is 0.255 e. The second kappa shape index (κ2) is 7.00. The Hall–Kier alpha value is -2.41. The third kappa shape index (κ3) is 4.11. The van der Waals surface area contributed by atoms with Crippen molar-refractivity contribution < 1.29 is 22.3 Å². The van der Waals surface area contributed by atoms with Crippen molar-refractivity contribution in [2.45, 2.75) is 17.9 Å². The number of benzene rings is 2. The molecule has 2 rings (SSSR count). The van der Waals surface area contributed by atoms with Crippen LogP contribution < -0.4 is 10.1 Å². The van der Waals surface area contributed by atoms with Crippen LogP contribution in [0.25, 0.3) is 0 Å². The molecule has 24 heavy (non-hydrogen) atoms. The number of amides is 1. The Morgan fingerprint density at radius 1 is 1.17 bits per heavy atom. The lowest BCUT2D eigenvalue weighted by molar-refractivity contribution is 0.0936. The molecule has 2 aromatic rings. The Bertz CT molecular complexity index is 847. The van der Waals surface area contributed by atoms with Crippen molar-refractivity contribution in [2.75, 3.05) is 13.4 Å². The van der Waals surface area contributed by atoms with Gasteiger partial charge in [-0.2, -0.15) is 0 Å². The lowest BCUT2D eigenvalue weighted by Gasteiger charge is -2.16. The van der Waals surface area contributed by atoms with Gasteiger partial charge in [0.1, 0.15) is 11.6 Å². The van der Waals surface area contributed by atoms with Crippen molar-refractivity contribution in [3.8, 4) is 5.75 Å². The number of hydrogen-bond acceptors (Lipinski definition) is 4. The number of methoxy groups -OCH3 is 1. The molecule has 5 nitrogen and oxygen atoms in total. The fraction of sp³-hybridized carbons (Fsp3) is 0.235. The van der Waals surface area contributed by atoms with Crippen molar-refractivity contribution in [1.82, 2.24) is 5.32 Å². The van der Waals surface area contributed by atoms with Gasteiger partial charge >= 0.3 is 0 Å². The first-order valence-electron chi connectivity index (χ1n) is 7.17. The summed E-state index contributed by atoms with van der Waals surface area (Å²) in [5, 5.41) is 2.74. The molecule has 0 fully saturated rings. The van der Waals surface area contributed by atoms with Gasteiger partial charge in [-0.3, -0.25) is 4.79 Å². The highest BCUT2D eigenvalue weighted by Gasteiger charge is 2.17. The molecule has 1 amide bonds. The second-order valence-electron chi connectivity index (χ2n) is 5.38. The average molecular weight is 351 g/mol. The van der Waals surface area contributed by atoms with E-state index in [9.17, 15) is 17.6 Å². The molecular weight excluding hydrogens is 333 g/mol. The van der Waals surface area contributed by atoms with Gasteiger partial charge in [0.05, 0.1) is 23.6 Å². The van der Waals surface area contributed by atoms with Crippen LogP contribution in [0.1, 0.15) is 28.9 Å². The molecule has 0 aliphatic heterocycles. The third-order valence-corrected chi connectivity index (χ3v) is 4.69. The van der Waals surface area contributed by atoms with E-state index in [-0.39, 0.29) is 22.3 Å². The van der Waals surface area contributed by atoms with Crippen molar-refractivity contribution in [3.63, 3.8) is 0 Å². The monoisotopic (exact) mass is 351 g/mol. The standard InChI is InChI=1S/C17H18FNO4S/c1-11(12-4-7-14(8-5-12)24(3,21)22)19-17(20)15-10-13(18)6-9-16(15)23-2/h4-11H,1-3H3,(H,19,20). The summed E-state index contributed by atoms with van der Waals surface area (Å²) in [4.78, 5) is 12.5. The van der Waals surface area contributed by atoms with E-state index in [1.165, 1.54) is 31.4 Å². The summed E-state index contributed by atoms with van der Waals surface area (Å²) in [5.41, 5.74) is 0.822. The molecule has 0 heterocycles. The molecular formula is C17H18FNO4S. The largest absolute Gasteiger partial charge is 0.496 e. The number of carbonyl (C=O) groups excluding carboxylic acids is 1. The smallest absolute Gasteiger partial charge is 0.255 e. The molecule has 0 spiro atoms. The van der Waals surface area contributed by atoms with Gasteiger partial charge in [-0.25, -0.2) is 12.8 Å². The van der Waals surface area contributed by atoms with Crippen LogP contribution in [0.15, 0.2) is 47.4 Å². The van der Waals surface area contributed by atoms with Crippen LogP contribution in [-0.2, 0) is 9.84 Å². The molecule has 1 N–H and O–H groups in total. The minimum Gasteiger partial charge on any atom is -0.496 e. The highest BCUT2D eigenvalue weighted by Crippen LogP contribution is 2.21. The van der Waals surface area contributed by atoms with E-state index < -0.39 is 21.6 Å². The molecule has 1 atom stereocenters.